The minimum absolute atomic E-state index is 0.0799. The maximum Gasteiger partial charge on any atom is 0.318 e. The molecule has 1 aliphatic carbocycles. The molecule has 6 nitrogen and oxygen atoms in total. The number of likely N-dealkylation sites (tertiary alicyclic amines) is 1. The summed E-state index contributed by atoms with van der Waals surface area (Å²) in [6.45, 7) is 3.75. The van der Waals surface area contributed by atoms with Crippen LogP contribution < -0.4 is 11.1 Å². The van der Waals surface area contributed by atoms with Gasteiger partial charge in [0, 0.05) is 13.1 Å². The van der Waals surface area contributed by atoms with E-state index < -0.39 is 0 Å². The van der Waals surface area contributed by atoms with Crippen molar-refractivity contribution in [3.63, 3.8) is 0 Å². The summed E-state index contributed by atoms with van der Waals surface area (Å²) < 4.78 is 0. The summed E-state index contributed by atoms with van der Waals surface area (Å²) in [7, 11) is 0. The van der Waals surface area contributed by atoms with Crippen molar-refractivity contribution >= 4 is 11.9 Å². The van der Waals surface area contributed by atoms with Gasteiger partial charge in [-0.1, -0.05) is 31.3 Å². The quantitative estimate of drug-likeness (QED) is 0.322. The first kappa shape index (κ1) is 15.9. The van der Waals surface area contributed by atoms with Crippen LogP contribution in [-0.4, -0.2) is 41.1 Å². The molecule has 2 amide bonds. The molecule has 0 aromatic rings. The van der Waals surface area contributed by atoms with E-state index in [0.29, 0.717) is 5.92 Å². The van der Waals surface area contributed by atoms with Crippen molar-refractivity contribution in [2.45, 2.75) is 57.9 Å². The van der Waals surface area contributed by atoms with Crippen molar-refractivity contribution in [1.29, 1.82) is 0 Å². The Morgan fingerprint density at radius 3 is 2.62 bits per heavy atom. The average molecular weight is 296 g/mol. The van der Waals surface area contributed by atoms with Crippen LogP contribution in [0.25, 0.3) is 0 Å². The highest BCUT2D eigenvalue weighted by atomic mass is 16.4. The number of carbonyl (C=O) groups is 1. The van der Waals surface area contributed by atoms with Crippen LogP contribution in [0.15, 0.2) is 5.16 Å². The molecule has 21 heavy (non-hydrogen) atoms. The Morgan fingerprint density at radius 2 is 2.00 bits per heavy atom. The first-order valence-electron chi connectivity index (χ1n) is 8.14. The molecule has 2 atom stereocenters. The molecular weight excluding hydrogens is 268 g/mol. The van der Waals surface area contributed by atoms with Gasteiger partial charge in [0.1, 0.15) is 0 Å². The maximum absolute atomic E-state index is 12.4. The lowest BCUT2D eigenvalue weighted by molar-refractivity contribution is 0.163. The molecule has 0 aromatic carbocycles. The Kier molecular flexibility index (Phi) is 5.70. The predicted octanol–water partition coefficient (Wildman–Crippen LogP) is 2.12. The largest absolute Gasteiger partial charge is 0.409 e. The van der Waals surface area contributed by atoms with E-state index in [4.69, 9.17) is 10.9 Å². The molecule has 4 N–H and O–H groups in total. The Morgan fingerprint density at radius 1 is 1.29 bits per heavy atom. The predicted molar refractivity (Wildman–Crippen MR) is 82.3 cm³/mol. The lowest BCUT2D eigenvalue weighted by Gasteiger charge is -2.35. The topological polar surface area (TPSA) is 91.0 Å². The van der Waals surface area contributed by atoms with Gasteiger partial charge in [-0.15, -0.1) is 0 Å². The van der Waals surface area contributed by atoms with Crippen molar-refractivity contribution in [1.82, 2.24) is 10.2 Å². The highest BCUT2D eigenvalue weighted by Crippen LogP contribution is 2.27. The van der Waals surface area contributed by atoms with Crippen molar-refractivity contribution in [2.24, 2.45) is 22.7 Å². The zero-order valence-corrected chi connectivity index (χ0v) is 12.9. The van der Waals surface area contributed by atoms with Gasteiger partial charge in [0.15, 0.2) is 5.84 Å². The third-order valence-electron chi connectivity index (χ3n) is 4.78. The van der Waals surface area contributed by atoms with Gasteiger partial charge in [-0.2, -0.15) is 0 Å². The first-order valence-corrected chi connectivity index (χ1v) is 8.14. The van der Waals surface area contributed by atoms with Crippen molar-refractivity contribution in [2.75, 3.05) is 13.1 Å². The molecule has 2 unspecified atom stereocenters. The second-order valence-electron chi connectivity index (χ2n) is 6.54. The minimum Gasteiger partial charge on any atom is -0.409 e. The highest BCUT2D eigenvalue weighted by molar-refractivity contribution is 5.89. The lowest BCUT2D eigenvalue weighted by Crippen LogP contribution is -2.55. The number of amidine groups is 1. The van der Waals surface area contributed by atoms with Crippen LogP contribution in [-0.2, 0) is 0 Å². The van der Waals surface area contributed by atoms with Crippen molar-refractivity contribution < 1.29 is 10.0 Å². The molecule has 1 heterocycles. The number of carbonyl (C=O) groups excluding carboxylic acids is 1. The monoisotopic (exact) mass is 296 g/mol. The van der Waals surface area contributed by atoms with E-state index in [1.165, 1.54) is 12.8 Å². The molecule has 0 radical (unpaired) electrons. The van der Waals surface area contributed by atoms with E-state index in [0.717, 1.165) is 45.2 Å². The van der Waals surface area contributed by atoms with Gasteiger partial charge >= 0.3 is 6.03 Å². The molecule has 0 bridgehead atoms. The number of nitrogens with one attached hydrogen (secondary N) is 1. The molecule has 1 aliphatic heterocycles. The standard InChI is InChI=1S/C15H28N4O2/c1-11-6-5-9-19(10-11)15(20)17-13(14(16)18-21)12-7-3-2-4-8-12/h11-13,21H,2-10H2,1H3,(H2,16,18)(H,17,20). The third-order valence-corrected chi connectivity index (χ3v) is 4.78. The molecule has 0 spiro atoms. The molecule has 2 rings (SSSR count). The van der Waals surface area contributed by atoms with Crippen LogP contribution in [0.2, 0.25) is 0 Å². The Labute approximate surface area is 126 Å². The van der Waals surface area contributed by atoms with E-state index in [1.807, 2.05) is 4.90 Å². The highest BCUT2D eigenvalue weighted by Gasteiger charge is 2.30. The summed E-state index contributed by atoms with van der Waals surface area (Å²) in [4.78, 5) is 14.3. The zero-order valence-electron chi connectivity index (χ0n) is 12.9. The van der Waals surface area contributed by atoms with Gasteiger partial charge in [-0.3, -0.25) is 0 Å². The zero-order chi connectivity index (χ0) is 15.2. The first-order chi connectivity index (χ1) is 10.1. The molecular formula is C15H28N4O2. The molecule has 1 saturated heterocycles. The number of oxime groups is 1. The van der Waals surface area contributed by atoms with Gasteiger partial charge in [-0.25, -0.2) is 4.79 Å². The van der Waals surface area contributed by atoms with Crippen LogP contribution in [0.3, 0.4) is 0 Å². The summed E-state index contributed by atoms with van der Waals surface area (Å²) in [5, 5.41) is 15.1. The fourth-order valence-electron chi connectivity index (χ4n) is 3.56. The van der Waals surface area contributed by atoms with Crippen LogP contribution >= 0.6 is 0 Å². The van der Waals surface area contributed by atoms with E-state index in [9.17, 15) is 4.79 Å². The summed E-state index contributed by atoms with van der Waals surface area (Å²) >= 11 is 0. The van der Waals surface area contributed by atoms with Crippen molar-refractivity contribution in [3.05, 3.63) is 0 Å². The molecule has 6 heteroatoms. The number of nitrogens with two attached hydrogens (primary N) is 1. The Hall–Kier alpha value is -1.46. The van der Waals surface area contributed by atoms with Gasteiger partial charge in [0.05, 0.1) is 6.04 Å². The number of amides is 2. The fraction of sp³-hybridized carbons (Fsp3) is 0.867. The van der Waals surface area contributed by atoms with Crippen molar-refractivity contribution in [3.8, 4) is 0 Å². The second-order valence-corrected chi connectivity index (χ2v) is 6.54. The number of hydrogen-bond acceptors (Lipinski definition) is 3. The van der Waals surface area contributed by atoms with Gasteiger partial charge in [0.2, 0.25) is 0 Å². The normalized spacial score (nSPS) is 26.4. The summed E-state index contributed by atoms with van der Waals surface area (Å²) in [5.74, 6) is 0.947. The summed E-state index contributed by atoms with van der Waals surface area (Å²) in [6, 6.07) is -0.427. The van der Waals surface area contributed by atoms with Crippen LogP contribution in [0.1, 0.15) is 51.9 Å². The van der Waals surface area contributed by atoms with Crippen LogP contribution in [0.5, 0.6) is 0 Å². The maximum atomic E-state index is 12.4. The van der Waals surface area contributed by atoms with E-state index in [-0.39, 0.29) is 23.8 Å². The van der Waals surface area contributed by atoms with E-state index >= 15 is 0 Å². The van der Waals surface area contributed by atoms with Gasteiger partial charge in [-0.05, 0) is 37.5 Å². The fourth-order valence-corrected chi connectivity index (χ4v) is 3.56. The smallest absolute Gasteiger partial charge is 0.318 e. The molecule has 0 aromatic heterocycles. The average Bonchev–Trinajstić information content (AvgIpc) is 2.52. The Balaban J connectivity index is 1.98. The minimum atomic E-state index is -0.347. The molecule has 2 aliphatic rings. The summed E-state index contributed by atoms with van der Waals surface area (Å²) in [6.07, 6.45) is 7.81. The number of nitrogens with zero attached hydrogens (tertiary/aromatic N) is 2. The molecule has 2 fully saturated rings. The summed E-state index contributed by atoms with van der Waals surface area (Å²) in [5.41, 5.74) is 5.82. The molecule has 120 valence electrons. The third kappa shape index (κ3) is 4.25. The van der Waals surface area contributed by atoms with Crippen LogP contribution in [0.4, 0.5) is 4.79 Å². The lowest BCUT2D eigenvalue weighted by atomic mass is 9.83. The SMILES string of the molecule is CC1CCCN(C(=O)NC(C(N)=NO)C2CCCCC2)C1. The number of hydrogen-bond donors (Lipinski definition) is 3. The van der Waals surface area contributed by atoms with E-state index in [2.05, 4.69) is 17.4 Å². The van der Waals surface area contributed by atoms with Crippen LogP contribution in [0, 0.1) is 11.8 Å². The van der Waals surface area contributed by atoms with E-state index in [1.54, 1.807) is 0 Å². The van der Waals surface area contributed by atoms with Gasteiger partial charge < -0.3 is 21.2 Å². The molecule has 1 saturated carbocycles. The number of rotatable bonds is 3. The Bertz CT molecular complexity index is 380. The van der Waals surface area contributed by atoms with Gasteiger partial charge in [0.25, 0.3) is 0 Å². The number of piperidine rings is 1. The second kappa shape index (κ2) is 7.52. The number of urea groups is 1.